The number of amides is 2. The van der Waals surface area contributed by atoms with E-state index in [9.17, 15) is 23.2 Å². The molecule has 6 nitrogen and oxygen atoms in total. The van der Waals surface area contributed by atoms with Gasteiger partial charge in [-0.3, -0.25) is 19.3 Å². The van der Waals surface area contributed by atoms with Gasteiger partial charge < -0.3 is 10.1 Å². The average molecular weight is 406 g/mol. The number of anilines is 2. The zero-order valence-corrected chi connectivity index (χ0v) is 15.6. The lowest BCUT2D eigenvalue weighted by molar-refractivity contribution is -0.151. The van der Waals surface area contributed by atoms with Crippen molar-refractivity contribution in [2.24, 2.45) is 0 Å². The molecule has 0 aliphatic carbocycles. The van der Waals surface area contributed by atoms with Crippen LogP contribution in [0.1, 0.15) is 6.92 Å². The Hall–Kier alpha value is -2.94. The number of ether oxygens (including phenoxy) is 1. The highest BCUT2D eigenvalue weighted by Crippen LogP contribution is 2.29. The van der Waals surface area contributed by atoms with E-state index in [2.05, 4.69) is 5.32 Å². The van der Waals surface area contributed by atoms with Crippen molar-refractivity contribution in [3.8, 4) is 0 Å². The number of thioether (sulfide) groups is 1. The van der Waals surface area contributed by atoms with Gasteiger partial charge in [-0.15, -0.1) is 11.8 Å². The van der Waals surface area contributed by atoms with Crippen molar-refractivity contribution >= 4 is 40.9 Å². The van der Waals surface area contributed by atoms with Gasteiger partial charge in [0.05, 0.1) is 17.1 Å². The van der Waals surface area contributed by atoms with Gasteiger partial charge in [0.25, 0.3) is 5.91 Å². The molecule has 1 atom stereocenters. The highest BCUT2D eigenvalue weighted by atomic mass is 32.2. The van der Waals surface area contributed by atoms with Gasteiger partial charge in [0.15, 0.2) is 6.10 Å². The summed E-state index contributed by atoms with van der Waals surface area (Å²) in [5.74, 6) is -3.25. The molecule has 0 saturated heterocycles. The Balaban J connectivity index is 1.62. The lowest BCUT2D eigenvalue weighted by Crippen LogP contribution is -2.47. The molecule has 0 unspecified atom stereocenters. The first kappa shape index (κ1) is 19.8. The standard InChI is InChI=1S/C19H16F2N2O4S/c1-11(27-18(25)10-28-16-8-12(20)6-7-13(16)21)19(26)23-9-17(24)22-14-4-2-3-5-15(14)23/h2-8,11H,9-10H2,1H3,(H,22,24)/t11-/m0/s1. The molecule has 0 saturated carbocycles. The molecule has 0 fully saturated rings. The minimum atomic E-state index is -1.15. The Bertz CT molecular complexity index is 938. The molecule has 1 aliphatic rings. The van der Waals surface area contributed by atoms with Crippen LogP contribution in [0.3, 0.4) is 0 Å². The molecule has 9 heteroatoms. The summed E-state index contributed by atoms with van der Waals surface area (Å²) in [6, 6.07) is 9.69. The number of carbonyl (C=O) groups excluding carboxylic acids is 3. The van der Waals surface area contributed by atoms with Crippen molar-refractivity contribution in [2.75, 3.05) is 22.5 Å². The maximum Gasteiger partial charge on any atom is 0.317 e. The van der Waals surface area contributed by atoms with E-state index in [-0.39, 0.29) is 23.1 Å². The number of para-hydroxylation sites is 2. The second-order valence-electron chi connectivity index (χ2n) is 5.99. The Kier molecular flexibility index (Phi) is 5.93. The molecule has 28 heavy (non-hydrogen) atoms. The van der Waals surface area contributed by atoms with E-state index in [1.54, 1.807) is 24.3 Å². The van der Waals surface area contributed by atoms with Gasteiger partial charge in [0.2, 0.25) is 5.91 Å². The number of nitrogens with one attached hydrogen (secondary N) is 1. The van der Waals surface area contributed by atoms with E-state index in [4.69, 9.17) is 4.74 Å². The highest BCUT2D eigenvalue weighted by molar-refractivity contribution is 8.00. The van der Waals surface area contributed by atoms with Crippen LogP contribution in [0, 0.1) is 11.6 Å². The van der Waals surface area contributed by atoms with Crippen LogP contribution in [0.2, 0.25) is 0 Å². The minimum Gasteiger partial charge on any atom is -0.452 e. The summed E-state index contributed by atoms with van der Waals surface area (Å²) in [4.78, 5) is 37.7. The third-order valence-electron chi connectivity index (χ3n) is 3.93. The third-order valence-corrected chi connectivity index (χ3v) is 4.94. The summed E-state index contributed by atoms with van der Waals surface area (Å²) in [6.07, 6.45) is -1.15. The number of halogens is 2. The molecule has 0 aromatic heterocycles. The fourth-order valence-corrected chi connectivity index (χ4v) is 3.40. The van der Waals surface area contributed by atoms with Crippen molar-refractivity contribution in [2.45, 2.75) is 17.9 Å². The topological polar surface area (TPSA) is 75.7 Å². The molecule has 1 aliphatic heterocycles. The fourth-order valence-electron chi connectivity index (χ4n) is 2.66. The minimum absolute atomic E-state index is 0.0300. The number of carbonyl (C=O) groups is 3. The number of fused-ring (bicyclic) bond motifs is 1. The predicted molar refractivity (Wildman–Crippen MR) is 100 cm³/mol. The number of esters is 1. The second-order valence-corrected chi connectivity index (χ2v) is 7.00. The fraction of sp³-hybridized carbons (Fsp3) is 0.211. The van der Waals surface area contributed by atoms with Crippen LogP contribution < -0.4 is 10.2 Å². The molecule has 0 bridgehead atoms. The molecule has 1 heterocycles. The first-order chi connectivity index (χ1) is 13.3. The first-order valence-corrected chi connectivity index (χ1v) is 9.31. The van der Waals surface area contributed by atoms with E-state index in [1.807, 2.05) is 0 Å². The van der Waals surface area contributed by atoms with E-state index >= 15 is 0 Å². The Morgan fingerprint density at radius 3 is 2.79 bits per heavy atom. The van der Waals surface area contributed by atoms with Gasteiger partial charge in [0.1, 0.15) is 18.2 Å². The van der Waals surface area contributed by atoms with Crippen LogP contribution in [0.5, 0.6) is 0 Å². The Morgan fingerprint density at radius 1 is 1.25 bits per heavy atom. The third kappa shape index (κ3) is 4.48. The molecule has 0 spiro atoms. The van der Waals surface area contributed by atoms with Crippen LogP contribution in [0.15, 0.2) is 47.4 Å². The summed E-state index contributed by atoms with van der Waals surface area (Å²) >= 11 is 0.769. The van der Waals surface area contributed by atoms with Crippen molar-refractivity contribution < 1.29 is 27.9 Å². The van der Waals surface area contributed by atoms with Crippen LogP contribution in [0.4, 0.5) is 20.2 Å². The van der Waals surface area contributed by atoms with Gasteiger partial charge in [-0.25, -0.2) is 8.78 Å². The van der Waals surface area contributed by atoms with E-state index in [0.717, 1.165) is 30.0 Å². The van der Waals surface area contributed by atoms with Crippen LogP contribution in [-0.2, 0) is 19.1 Å². The molecule has 2 amide bonds. The van der Waals surface area contributed by atoms with E-state index < -0.39 is 29.6 Å². The highest BCUT2D eigenvalue weighted by Gasteiger charge is 2.31. The summed E-state index contributed by atoms with van der Waals surface area (Å²) in [5.41, 5.74) is 0.994. The number of nitrogens with zero attached hydrogens (tertiary/aromatic N) is 1. The Morgan fingerprint density at radius 2 is 2.00 bits per heavy atom. The quantitative estimate of drug-likeness (QED) is 0.610. The molecule has 2 aromatic carbocycles. The van der Waals surface area contributed by atoms with Gasteiger partial charge in [-0.2, -0.15) is 0 Å². The predicted octanol–water partition coefficient (Wildman–Crippen LogP) is 2.97. The normalized spacial score (nSPS) is 14.1. The van der Waals surface area contributed by atoms with Gasteiger partial charge >= 0.3 is 5.97 Å². The summed E-state index contributed by atoms with van der Waals surface area (Å²) < 4.78 is 31.9. The van der Waals surface area contributed by atoms with Gasteiger partial charge in [-0.05, 0) is 37.3 Å². The lowest BCUT2D eigenvalue weighted by atomic mass is 10.1. The zero-order chi connectivity index (χ0) is 20.3. The molecular weight excluding hydrogens is 390 g/mol. The number of hydrogen-bond donors (Lipinski definition) is 1. The molecule has 3 rings (SSSR count). The molecular formula is C19H16F2N2O4S. The van der Waals surface area contributed by atoms with Crippen molar-refractivity contribution in [1.29, 1.82) is 0 Å². The zero-order valence-electron chi connectivity index (χ0n) is 14.8. The number of rotatable bonds is 5. The molecule has 1 N–H and O–H groups in total. The largest absolute Gasteiger partial charge is 0.452 e. The monoisotopic (exact) mass is 406 g/mol. The number of benzene rings is 2. The van der Waals surface area contributed by atoms with Crippen LogP contribution in [-0.4, -0.2) is 36.2 Å². The first-order valence-electron chi connectivity index (χ1n) is 8.32. The van der Waals surface area contributed by atoms with Gasteiger partial charge in [0, 0.05) is 4.90 Å². The summed E-state index contributed by atoms with van der Waals surface area (Å²) in [5, 5.41) is 2.66. The smallest absolute Gasteiger partial charge is 0.317 e. The van der Waals surface area contributed by atoms with Crippen LogP contribution >= 0.6 is 11.8 Å². The maximum absolute atomic E-state index is 13.6. The average Bonchev–Trinajstić information content (AvgIpc) is 2.67. The molecule has 2 aromatic rings. The van der Waals surface area contributed by atoms with Crippen molar-refractivity contribution in [1.82, 2.24) is 0 Å². The molecule has 146 valence electrons. The van der Waals surface area contributed by atoms with Gasteiger partial charge in [-0.1, -0.05) is 12.1 Å². The van der Waals surface area contributed by atoms with Crippen molar-refractivity contribution in [3.63, 3.8) is 0 Å². The summed E-state index contributed by atoms with van der Waals surface area (Å²) in [6.45, 7) is 1.20. The second kappa shape index (κ2) is 8.39. The van der Waals surface area contributed by atoms with Crippen LogP contribution in [0.25, 0.3) is 0 Å². The Labute approximate surface area is 163 Å². The molecule has 0 radical (unpaired) electrons. The summed E-state index contributed by atoms with van der Waals surface area (Å²) in [7, 11) is 0. The van der Waals surface area contributed by atoms with Crippen molar-refractivity contribution in [3.05, 3.63) is 54.1 Å². The maximum atomic E-state index is 13.6. The number of hydrogen-bond acceptors (Lipinski definition) is 5. The van der Waals surface area contributed by atoms with E-state index in [0.29, 0.717) is 11.4 Å². The lowest BCUT2D eigenvalue weighted by Gasteiger charge is -2.30. The van der Waals surface area contributed by atoms with E-state index in [1.165, 1.54) is 11.8 Å². The SMILES string of the molecule is C[C@H](OC(=O)CSc1cc(F)ccc1F)C(=O)N1CC(=O)Nc2ccccc21.